The maximum absolute atomic E-state index is 5.41. The topological polar surface area (TPSA) is 46.6 Å². The third-order valence-electron chi connectivity index (χ3n) is 13.4. The Morgan fingerprint density at radius 2 is 0.868 bits per heavy atom. The summed E-state index contributed by atoms with van der Waals surface area (Å²) in [5.74, 6) is 1.44. The minimum absolute atomic E-state index is 0.361. The zero-order valence-corrected chi connectivity index (χ0v) is 37.0. The van der Waals surface area contributed by atoms with Crippen LogP contribution in [-0.4, -0.2) is 20.8 Å². The fourth-order valence-electron chi connectivity index (χ4n) is 10.3. The molecule has 0 spiro atoms. The van der Waals surface area contributed by atoms with Gasteiger partial charge in [0.25, 0.3) is 0 Å². The van der Waals surface area contributed by atoms with E-state index in [4.69, 9.17) is 9.98 Å². The zero-order valence-electron chi connectivity index (χ0n) is 37.0. The van der Waals surface area contributed by atoms with Gasteiger partial charge in [0.05, 0.1) is 27.8 Å². The Morgan fingerprint density at radius 1 is 0.368 bits per heavy atom. The van der Waals surface area contributed by atoms with E-state index in [0.29, 0.717) is 5.84 Å². The number of benzene rings is 10. The standard InChI is InChI=1S/C63H43N5/c1-6-20-42(21-7-1)43-34-36-47(37-35-43)62-64-61(46-26-12-4-13-27-46)65-63(66-62)48-40-53(44-22-8-2-9-23-44)59(54(41-48)45-24-10-3-11-25-45)68-55-32-18-16-30-50(55)51-38-39-57-58(60(51)68)52-31-17-19-33-56(52)67(57)49-28-14-5-15-29-49/h1-41,61H,(H,64,65,66). The van der Waals surface area contributed by atoms with Crippen molar-refractivity contribution in [1.29, 1.82) is 0 Å². The molecule has 1 N–H and O–H groups in total. The van der Waals surface area contributed by atoms with Crippen molar-refractivity contribution in [2.75, 3.05) is 0 Å². The van der Waals surface area contributed by atoms with Crippen LogP contribution in [-0.2, 0) is 0 Å². The lowest BCUT2D eigenvalue weighted by molar-refractivity contribution is 0.674. The molecular formula is C63H43N5. The molecule has 320 valence electrons. The van der Waals surface area contributed by atoms with Gasteiger partial charge in [-0.2, -0.15) is 0 Å². The minimum Gasteiger partial charge on any atom is -0.344 e. The van der Waals surface area contributed by atoms with E-state index in [1.807, 2.05) is 12.1 Å². The fraction of sp³-hybridized carbons (Fsp3) is 0.0159. The maximum Gasteiger partial charge on any atom is 0.159 e. The number of aromatic nitrogens is 2. The molecule has 68 heavy (non-hydrogen) atoms. The van der Waals surface area contributed by atoms with Gasteiger partial charge in [-0.25, -0.2) is 9.98 Å². The summed E-state index contributed by atoms with van der Waals surface area (Å²) < 4.78 is 4.96. The first kappa shape index (κ1) is 39.3. The third-order valence-corrected chi connectivity index (χ3v) is 13.4. The van der Waals surface area contributed by atoms with Crippen molar-refractivity contribution in [2.45, 2.75) is 6.17 Å². The Balaban J connectivity index is 1.11. The molecule has 5 heteroatoms. The molecule has 0 fully saturated rings. The number of fused-ring (bicyclic) bond motifs is 7. The van der Waals surface area contributed by atoms with E-state index in [9.17, 15) is 0 Å². The van der Waals surface area contributed by atoms with Gasteiger partial charge in [0.2, 0.25) is 0 Å². The van der Waals surface area contributed by atoms with Crippen molar-refractivity contribution in [2.24, 2.45) is 9.98 Å². The van der Waals surface area contributed by atoms with E-state index in [0.717, 1.165) is 72.8 Å². The van der Waals surface area contributed by atoms with E-state index in [-0.39, 0.29) is 6.17 Å². The van der Waals surface area contributed by atoms with Gasteiger partial charge >= 0.3 is 0 Å². The highest BCUT2D eigenvalue weighted by Crippen LogP contribution is 2.46. The molecule has 1 aliphatic rings. The van der Waals surface area contributed by atoms with Crippen molar-refractivity contribution in [3.05, 3.63) is 265 Å². The summed E-state index contributed by atoms with van der Waals surface area (Å²) in [6, 6.07) is 88.9. The van der Waals surface area contributed by atoms with Crippen LogP contribution in [0.4, 0.5) is 0 Å². The van der Waals surface area contributed by atoms with Crippen LogP contribution >= 0.6 is 0 Å². The van der Waals surface area contributed by atoms with Gasteiger partial charge in [-0.05, 0) is 70.3 Å². The summed E-state index contributed by atoms with van der Waals surface area (Å²) in [4.78, 5) is 10.7. The monoisotopic (exact) mass is 869 g/mol. The maximum atomic E-state index is 5.41. The first-order valence-electron chi connectivity index (χ1n) is 23.2. The van der Waals surface area contributed by atoms with Crippen molar-refractivity contribution < 1.29 is 0 Å². The number of para-hydroxylation sites is 3. The fourth-order valence-corrected chi connectivity index (χ4v) is 10.3. The van der Waals surface area contributed by atoms with Crippen molar-refractivity contribution >= 4 is 55.3 Å². The summed E-state index contributed by atoms with van der Waals surface area (Å²) in [7, 11) is 0. The molecule has 0 saturated heterocycles. The number of nitrogens with zero attached hydrogens (tertiary/aromatic N) is 4. The molecule has 1 unspecified atom stereocenters. The average molecular weight is 870 g/mol. The molecule has 0 bridgehead atoms. The van der Waals surface area contributed by atoms with Crippen LogP contribution in [0, 0.1) is 0 Å². The number of nitrogens with one attached hydrogen (secondary N) is 1. The minimum atomic E-state index is -0.361. The summed E-state index contributed by atoms with van der Waals surface area (Å²) in [5.41, 5.74) is 16.5. The third kappa shape index (κ3) is 6.63. The Labute approximate surface area is 394 Å². The summed E-state index contributed by atoms with van der Waals surface area (Å²) in [6.45, 7) is 0. The molecule has 13 rings (SSSR count). The highest BCUT2D eigenvalue weighted by Gasteiger charge is 2.27. The van der Waals surface area contributed by atoms with E-state index in [1.165, 1.54) is 38.1 Å². The Kier molecular flexibility index (Phi) is 9.50. The number of hydrogen-bond donors (Lipinski definition) is 1. The van der Waals surface area contributed by atoms with Crippen molar-refractivity contribution in [3.8, 4) is 44.8 Å². The van der Waals surface area contributed by atoms with Crippen LogP contribution in [0.1, 0.15) is 22.9 Å². The van der Waals surface area contributed by atoms with Crippen molar-refractivity contribution in [3.63, 3.8) is 0 Å². The van der Waals surface area contributed by atoms with Crippen LogP contribution in [0.2, 0.25) is 0 Å². The Bertz CT molecular complexity index is 3830. The smallest absolute Gasteiger partial charge is 0.159 e. The van der Waals surface area contributed by atoms with Gasteiger partial charge in [0, 0.05) is 49.5 Å². The quantitative estimate of drug-likeness (QED) is 0.162. The molecular weight excluding hydrogens is 827 g/mol. The summed E-state index contributed by atoms with van der Waals surface area (Å²) in [5, 5.41) is 8.63. The second kappa shape index (κ2) is 16.4. The molecule has 0 aliphatic carbocycles. The SMILES string of the molecule is c1ccc(-c2ccc(C3=NC(c4ccccc4)NC(c4cc(-c5ccccc5)c(-n5c6ccccc6c6ccc7c(c8ccccc8n7-c7ccccc7)c65)c(-c5ccccc5)c4)=N3)cc2)cc1. The lowest BCUT2D eigenvalue weighted by Gasteiger charge is -2.26. The summed E-state index contributed by atoms with van der Waals surface area (Å²) >= 11 is 0. The van der Waals surface area contributed by atoms with Crippen LogP contribution in [0.15, 0.2) is 259 Å². The van der Waals surface area contributed by atoms with Crippen molar-refractivity contribution in [1.82, 2.24) is 14.5 Å². The number of amidine groups is 2. The lowest BCUT2D eigenvalue weighted by atomic mass is 9.92. The van der Waals surface area contributed by atoms with Crippen LogP contribution < -0.4 is 5.32 Å². The first-order valence-corrected chi connectivity index (χ1v) is 23.2. The highest BCUT2D eigenvalue weighted by molar-refractivity contribution is 6.26. The molecule has 12 aromatic rings. The number of hydrogen-bond acceptors (Lipinski definition) is 3. The highest BCUT2D eigenvalue weighted by atomic mass is 15.2. The van der Waals surface area contributed by atoms with E-state index in [1.54, 1.807) is 0 Å². The number of aliphatic imine (C=N–C) groups is 2. The van der Waals surface area contributed by atoms with Crippen LogP contribution in [0.25, 0.3) is 88.4 Å². The molecule has 0 radical (unpaired) electrons. The van der Waals surface area contributed by atoms with Crippen LogP contribution in [0.3, 0.4) is 0 Å². The molecule has 3 heterocycles. The predicted octanol–water partition coefficient (Wildman–Crippen LogP) is 15.4. The lowest BCUT2D eigenvalue weighted by Crippen LogP contribution is -2.33. The van der Waals surface area contributed by atoms with E-state index >= 15 is 0 Å². The van der Waals surface area contributed by atoms with Gasteiger partial charge in [-0.3, -0.25) is 0 Å². The van der Waals surface area contributed by atoms with Gasteiger partial charge in [-0.1, -0.05) is 206 Å². The second-order valence-corrected chi connectivity index (χ2v) is 17.4. The number of rotatable bonds is 8. The van der Waals surface area contributed by atoms with E-state index < -0.39 is 0 Å². The Morgan fingerprint density at radius 3 is 1.50 bits per heavy atom. The molecule has 1 aliphatic heterocycles. The normalized spacial score (nSPS) is 13.7. The first-order chi connectivity index (χ1) is 33.7. The molecule has 0 saturated carbocycles. The Hall–Kier alpha value is -9.06. The molecule has 0 amide bonds. The van der Waals surface area contributed by atoms with E-state index in [2.05, 4.69) is 251 Å². The van der Waals surface area contributed by atoms with Gasteiger partial charge in [0.1, 0.15) is 12.0 Å². The molecule has 2 aromatic heterocycles. The molecule has 5 nitrogen and oxygen atoms in total. The average Bonchev–Trinajstić information content (AvgIpc) is 3.94. The summed E-state index contributed by atoms with van der Waals surface area (Å²) in [6.07, 6.45) is -0.361. The zero-order chi connectivity index (χ0) is 45.0. The predicted molar refractivity (Wildman–Crippen MR) is 283 cm³/mol. The second-order valence-electron chi connectivity index (χ2n) is 17.4. The van der Waals surface area contributed by atoms with Gasteiger partial charge in [0.15, 0.2) is 5.84 Å². The largest absolute Gasteiger partial charge is 0.344 e. The molecule has 10 aromatic carbocycles. The molecule has 1 atom stereocenters. The van der Waals surface area contributed by atoms with Crippen LogP contribution in [0.5, 0.6) is 0 Å². The van der Waals surface area contributed by atoms with Gasteiger partial charge < -0.3 is 14.5 Å². The van der Waals surface area contributed by atoms with Gasteiger partial charge in [-0.15, -0.1) is 0 Å².